The van der Waals surface area contributed by atoms with Crippen LogP contribution in [0.1, 0.15) is 24.5 Å². The molecule has 0 radical (unpaired) electrons. The average Bonchev–Trinajstić information content (AvgIpc) is 2.83. The molecule has 0 heterocycles. The molecule has 4 heteroatoms. The molecule has 2 rings (SSSR count). The number of carbonyl (C=O) groups is 1. The summed E-state index contributed by atoms with van der Waals surface area (Å²) in [4.78, 5) is 12.6. The van der Waals surface area contributed by atoms with Gasteiger partial charge in [0.1, 0.15) is 6.04 Å². The summed E-state index contributed by atoms with van der Waals surface area (Å²) in [6, 6.07) is 6.00. The lowest BCUT2D eigenvalue weighted by molar-refractivity contribution is -0.144. The molecule has 18 heavy (non-hydrogen) atoms. The van der Waals surface area contributed by atoms with E-state index >= 15 is 0 Å². The van der Waals surface area contributed by atoms with Crippen LogP contribution in [0.5, 0.6) is 0 Å². The van der Waals surface area contributed by atoms with Gasteiger partial charge in [-0.1, -0.05) is 6.07 Å². The van der Waals surface area contributed by atoms with Crippen LogP contribution in [0.2, 0.25) is 0 Å². The van der Waals surface area contributed by atoms with Crippen LogP contribution in [-0.2, 0) is 22.4 Å². The Hall–Kier alpha value is -1.00. The summed E-state index contributed by atoms with van der Waals surface area (Å²) >= 11 is 1.62. The summed E-state index contributed by atoms with van der Waals surface area (Å²) in [5.41, 5.74) is 8.68. The van der Waals surface area contributed by atoms with E-state index in [1.54, 1.807) is 18.7 Å². The van der Waals surface area contributed by atoms with Crippen molar-refractivity contribution in [3.63, 3.8) is 0 Å². The zero-order valence-electron chi connectivity index (χ0n) is 10.6. The highest BCUT2D eigenvalue weighted by molar-refractivity contribution is 7.99. The van der Waals surface area contributed by atoms with E-state index in [-0.39, 0.29) is 5.97 Å². The molecule has 98 valence electrons. The highest BCUT2D eigenvalue weighted by Crippen LogP contribution is 2.27. The van der Waals surface area contributed by atoms with E-state index in [0.29, 0.717) is 12.4 Å². The van der Waals surface area contributed by atoms with Gasteiger partial charge in [-0.05, 0) is 49.4 Å². The summed E-state index contributed by atoms with van der Waals surface area (Å²) in [7, 11) is 0. The molecule has 1 aliphatic carbocycles. The molecular weight excluding hydrogens is 246 g/mol. The van der Waals surface area contributed by atoms with E-state index in [9.17, 15) is 4.79 Å². The number of esters is 1. The molecule has 1 unspecified atom stereocenters. The van der Waals surface area contributed by atoms with Gasteiger partial charge in [0.25, 0.3) is 0 Å². The van der Waals surface area contributed by atoms with Crippen molar-refractivity contribution in [2.24, 2.45) is 5.73 Å². The van der Waals surface area contributed by atoms with Crippen molar-refractivity contribution in [2.45, 2.75) is 37.1 Å². The van der Waals surface area contributed by atoms with Crippen molar-refractivity contribution in [1.29, 1.82) is 0 Å². The van der Waals surface area contributed by atoms with Crippen LogP contribution in [0.4, 0.5) is 0 Å². The summed E-state index contributed by atoms with van der Waals surface area (Å²) in [6.45, 7) is 2.17. The molecule has 0 saturated carbocycles. The monoisotopic (exact) mass is 265 g/mol. The normalized spacial score (nSPS) is 15.2. The van der Waals surface area contributed by atoms with Crippen molar-refractivity contribution >= 4 is 17.7 Å². The fourth-order valence-corrected chi connectivity index (χ4v) is 3.04. The van der Waals surface area contributed by atoms with E-state index in [4.69, 9.17) is 10.5 Å². The lowest BCUT2D eigenvalue weighted by Crippen LogP contribution is -2.34. The van der Waals surface area contributed by atoms with Gasteiger partial charge >= 0.3 is 5.97 Å². The van der Waals surface area contributed by atoms with Crippen LogP contribution < -0.4 is 5.73 Å². The third-order valence-corrected chi connectivity index (χ3v) is 4.20. The fourth-order valence-electron chi connectivity index (χ4n) is 2.14. The number of ether oxygens (including phenoxy) is 1. The molecule has 1 aromatic carbocycles. The molecule has 1 atom stereocenters. The molecule has 0 bridgehead atoms. The van der Waals surface area contributed by atoms with Crippen LogP contribution in [0.3, 0.4) is 0 Å². The smallest absolute Gasteiger partial charge is 0.323 e. The largest absolute Gasteiger partial charge is 0.465 e. The van der Waals surface area contributed by atoms with Crippen molar-refractivity contribution < 1.29 is 9.53 Å². The van der Waals surface area contributed by atoms with Crippen LogP contribution in [0.15, 0.2) is 23.1 Å². The van der Waals surface area contributed by atoms with Crippen LogP contribution in [0.25, 0.3) is 0 Å². The fraction of sp³-hybridized carbons (Fsp3) is 0.500. The Morgan fingerprint density at radius 3 is 3.00 bits per heavy atom. The first kappa shape index (κ1) is 13.4. The highest BCUT2D eigenvalue weighted by Gasteiger charge is 2.16. The SMILES string of the molecule is CCOC(=O)C(N)CSc1ccc2c(c1)CCC2. The van der Waals surface area contributed by atoms with Gasteiger partial charge in [-0.2, -0.15) is 0 Å². The Kier molecular flexibility index (Phi) is 4.66. The minimum Gasteiger partial charge on any atom is -0.465 e. The highest BCUT2D eigenvalue weighted by atomic mass is 32.2. The Morgan fingerprint density at radius 1 is 1.44 bits per heavy atom. The summed E-state index contributed by atoms with van der Waals surface area (Å²) in [5.74, 6) is 0.253. The first-order chi connectivity index (χ1) is 8.70. The van der Waals surface area contributed by atoms with Gasteiger partial charge in [0.05, 0.1) is 6.61 Å². The van der Waals surface area contributed by atoms with Gasteiger partial charge in [-0.25, -0.2) is 0 Å². The number of nitrogens with two attached hydrogens (primary N) is 1. The minimum absolute atomic E-state index is 0.314. The lowest BCUT2D eigenvalue weighted by atomic mass is 10.1. The molecule has 0 spiro atoms. The Labute approximate surface area is 112 Å². The van der Waals surface area contributed by atoms with Gasteiger partial charge in [0, 0.05) is 10.6 Å². The second-order valence-electron chi connectivity index (χ2n) is 4.45. The van der Waals surface area contributed by atoms with Crippen molar-refractivity contribution in [2.75, 3.05) is 12.4 Å². The average molecular weight is 265 g/mol. The number of hydrogen-bond donors (Lipinski definition) is 1. The zero-order chi connectivity index (χ0) is 13.0. The maximum atomic E-state index is 11.4. The molecule has 0 saturated heterocycles. The molecule has 0 aliphatic heterocycles. The van der Waals surface area contributed by atoms with E-state index in [1.165, 1.54) is 35.3 Å². The maximum Gasteiger partial charge on any atom is 0.323 e. The quantitative estimate of drug-likeness (QED) is 0.655. The second-order valence-corrected chi connectivity index (χ2v) is 5.55. The third kappa shape index (κ3) is 3.27. The molecule has 0 amide bonds. The van der Waals surface area contributed by atoms with Gasteiger partial charge < -0.3 is 10.5 Å². The van der Waals surface area contributed by atoms with E-state index < -0.39 is 6.04 Å². The number of hydrogen-bond acceptors (Lipinski definition) is 4. The van der Waals surface area contributed by atoms with Crippen LogP contribution in [-0.4, -0.2) is 24.4 Å². The Morgan fingerprint density at radius 2 is 2.22 bits per heavy atom. The Bertz CT molecular complexity index is 434. The molecule has 0 aromatic heterocycles. The number of thioether (sulfide) groups is 1. The number of benzene rings is 1. The van der Waals surface area contributed by atoms with E-state index in [0.717, 1.165) is 0 Å². The molecule has 3 nitrogen and oxygen atoms in total. The molecule has 0 fully saturated rings. The first-order valence-electron chi connectivity index (χ1n) is 6.37. The minimum atomic E-state index is -0.539. The van der Waals surface area contributed by atoms with Crippen LogP contribution in [0, 0.1) is 0 Å². The van der Waals surface area contributed by atoms with E-state index in [2.05, 4.69) is 18.2 Å². The number of fused-ring (bicyclic) bond motifs is 1. The standard InChI is InChI=1S/C14H19NO2S/c1-2-17-14(16)13(15)9-18-12-7-6-10-4-3-5-11(10)8-12/h6-8,13H,2-5,9,15H2,1H3. The number of carbonyl (C=O) groups excluding carboxylic acids is 1. The van der Waals surface area contributed by atoms with E-state index in [1.807, 2.05) is 0 Å². The van der Waals surface area contributed by atoms with Gasteiger partial charge in [0.2, 0.25) is 0 Å². The summed E-state index contributed by atoms with van der Waals surface area (Å²) in [5, 5.41) is 0. The van der Waals surface area contributed by atoms with Gasteiger partial charge in [-0.15, -0.1) is 11.8 Å². The first-order valence-corrected chi connectivity index (χ1v) is 7.36. The van der Waals surface area contributed by atoms with Crippen molar-refractivity contribution in [1.82, 2.24) is 0 Å². The summed E-state index contributed by atoms with van der Waals surface area (Å²) < 4.78 is 4.89. The molecule has 1 aromatic rings. The predicted molar refractivity (Wildman–Crippen MR) is 73.8 cm³/mol. The van der Waals surface area contributed by atoms with Crippen molar-refractivity contribution in [3.05, 3.63) is 29.3 Å². The zero-order valence-corrected chi connectivity index (χ0v) is 11.5. The molecular formula is C14H19NO2S. The maximum absolute atomic E-state index is 11.4. The Balaban J connectivity index is 1.88. The molecule has 1 aliphatic rings. The van der Waals surface area contributed by atoms with Gasteiger partial charge in [0.15, 0.2) is 0 Å². The van der Waals surface area contributed by atoms with Crippen LogP contribution >= 0.6 is 11.8 Å². The molecule has 2 N–H and O–H groups in total. The number of aryl methyl sites for hydroxylation is 2. The number of rotatable bonds is 5. The van der Waals surface area contributed by atoms with Crippen molar-refractivity contribution in [3.8, 4) is 0 Å². The topological polar surface area (TPSA) is 52.3 Å². The predicted octanol–water partition coefficient (Wildman–Crippen LogP) is 2.16. The summed E-state index contributed by atoms with van der Waals surface area (Å²) in [6.07, 6.45) is 3.63. The third-order valence-electron chi connectivity index (χ3n) is 3.09. The second kappa shape index (κ2) is 6.25. The van der Waals surface area contributed by atoms with Gasteiger partial charge in [-0.3, -0.25) is 4.79 Å². The lowest BCUT2D eigenvalue weighted by Gasteiger charge is -2.10.